The Kier molecular flexibility index (Phi) is 7.13. The molecule has 4 rings (SSSR count). The second-order valence-electron chi connectivity index (χ2n) is 8.96. The van der Waals surface area contributed by atoms with Gasteiger partial charge >= 0.3 is 0 Å². The Morgan fingerprint density at radius 2 is 2.03 bits per heavy atom. The number of hydrogen-bond acceptors (Lipinski definition) is 4. The monoisotopic (exact) mass is 458 g/mol. The first-order valence-corrected chi connectivity index (χ1v) is 12.4. The van der Waals surface area contributed by atoms with Gasteiger partial charge in [0, 0.05) is 29.4 Å². The predicted molar refractivity (Wildman–Crippen MR) is 123 cm³/mol. The highest BCUT2D eigenvalue weighted by Gasteiger charge is 2.35. The average molecular weight is 459 g/mol. The molecular weight excluding hydrogens is 427 g/mol. The second kappa shape index (κ2) is 10.0. The Hall–Kier alpha value is -2.41. The first kappa shape index (κ1) is 22.8. The summed E-state index contributed by atoms with van der Waals surface area (Å²) in [5, 5.41) is 2.04. The van der Waals surface area contributed by atoms with E-state index >= 15 is 0 Å². The average Bonchev–Trinajstić information content (AvgIpc) is 3.47. The lowest BCUT2D eigenvalue weighted by Crippen LogP contribution is -2.50. The number of carbonyl (C=O) groups excluding carboxylic acids is 2. The van der Waals surface area contributed by atoms with Crippen molar-refractivity contribution in [3.8, 4) is 5.75 Å². The number of nitrogens with zero attached hydrogens (tertiary/aromatic N) is 2. The third kappa shape index (κ3) is 4.98. The molecule has 0 spiro atoms. The Bertz CT molecular complexity index is 954. The van der Waals surface area contributed by atoms with Crippen LogP contribution >= 0.6 is 11.3 Å². The molecule has 1 fully saturated rings. The predicted octanol–water partition coefficient (Wildman–Crippen LogP) is 4.82. The standard InChI is InChI=1S/C25H31FN2O3S/c1-17(2)28(25(30)18-6-3-4-7-18)15-24(29)27-12-10-23-21(11-13-32-23)22(27)16-31-20-9-5-8-19(26)14-20/h5,8-9,11,13-14,17-18,22H,3-4,6-7,10,12,15-16H2,1-2H3/t22-/m1/s1. The van der Waals surface area contributed by atoms with Crippen LogP contribution in [0.4, 0.5) is 4.39 Å². The molecule has 0 saturated heterocycles. The van der Waals surface area contributed by atoms with Crippen LogP contribution < -0.4 is 4.74 Å². The van der Waals surface area contributed by atoms with Crippen LogP contribution in [0.2, 0.25) is 0 Å². The third-order valence-corrected chi connectivity index (χ3v) is 7.53. The fraction of sp³-hybridized carbons (Fsp3) is 0.520. The van der Waals surface area contributed by atoms with Crippen LogP contribution in [0.15, 0.2) is 35.7 Å². The summed E-state index contributed by atoms with van der Waals surface area (Å²) in [7, 11) is 0. The molecule has 2 aliphatic rings. The second-order valence-corrected chi connectivity index (χ2v) is 9.96. The Morgan fingerprint density at radius 3 is 2.75 bits per heavy atom. The minimum absolute atomic E-state index is 0.0319. The summed E-state index contributed by atoms with van der Waals surface area (Å²) >= 11 is 1.69. The maximum atomic E-state index is 13.6. The molecule has 0 radical (unpaired) electrons. The molecule has 1 aromatic carbocycles. The molecule has 2 amide bonds. The van der Waals surface area contributed by atoms with Gasteiger partial charge in [0.2, 0.25) is 11.8 Å². The highest BCUT2D eigenvalue weighted by molar-refractivity contribution is 7.10. The Labute approximate surface area is 193 Å². The number of thiophene rings is 1. The minimum Gasteiger partial charge on any atom is -0.491 e. The van der Waals surface area contributed by atoms with Crippen molar-refractivity contribution in [3.63, 3.8) is 0 Å². The molecule has 32 heavy (non-hydrogen) atoms. The SMILES string of the molecule is CC(C)N(CC(=O)N1CCc2sccc2[C@H]1COc1cccc(F)c1)C(=O)C1CCCC1. The van der Waals surface area contributed by atoms with Gasteiger partial charge in [0.1, 0.15) is 24.7 Å². The zero-order valence-electron chi connectivity index (χ0n) is 18.8. The van der Waals surface area contributed by atoms with Gasteiger partial charge in [0.25, 0.3) is 0 Å². The van der Waals surface area contributed by atoms with Crippen LogP contribution in [0.5, 0.6) is 5.75 Å². The normalized spacial score (nSPS) is 18.6. The van der Waals surface area contributed by atoms with Crippen LogP contribution in [0.25, 0.3) is 0 Å². The van der Waals surface area contributed by atoms with E-state index in [2.05, 4.69) is 0 Å². The molecule has 2 aromatic rings. The van der Waals surface area contributed by atoms with Gasteiger partial charge in [0.05, 0.1) is 6.04 Å². The number of fused-ring (bicyclic) bond motifs is 1. The lowest BCUT2D eigenvalue weighted by Gasteiger charge is -2.38. The van der Waals surface area contributed by atoms with Gasteiger partial charge < -0.3 is 14.5 Å². The van der Waals surface area contributed by atoms with Gasteiger partial charge in [-0.1, -0.05) is 18.9 Å². The number of carbonyl (C=O) groups is 2. The molecule has 1 aromatic heterocycles. The zero-order valence-corrected chi connectivity index (χ0v) is 19.6. The summed E-state index contributed by atoms with van der Waals surface area (Å²) in [5.41, 5.74) is 1.09. The first-order chi connectivity index (χ1) is 15.4. The van der Waals surface area contributed by atoms with Gasteiger partial charge in [-0.25, -0.2) is 4.39 Å². The van der Waals surface area contributed by atoms with E-state index in [1.165, 1.54) is 17.0 Å². The van der Waals surface area contributed by atoms with Crippen molar-refractivity contribution in [1.82, 2.24) is 9.80 Å². The Morgan fingerprint density at radius 1 is 1.25 bits per heavy atom. The smallest absolute Gasteiger partial charge is 0.242 e. The summed E-state index contributed by atoms with van der Waals surface area (Å²) in [5.74, 6) is 0.178. The molecule has 2 heterocycles. The van der Waals surface area contributed by atoms with E-state index in [4.69, 9.17) is 4.74 Å². The van der Waals surface area contributed by atoms with E-state index in [9.17, 15) is 14.0 Å². The zero-order chi connectivity index (χ0) is 22.7. The molecular formula is C25H31FN2O3S. The van der Waals surface area contributed by atoms with E-state index in [1.54, 1.807) is 28.4 Å². The van der Waals surface area contributed by atoms with Gasteiger partial charge in [-0.2, -0.15) is 0 Å². The van der Waals surface area contributed by atoms with E-state index in [0.717, 1.165) is 37.7 Å². The summed E-state index contributed by atoms with van der Waals surface area (Å²) in [4.78, 5) is 31.4. The van der Waals surface area contributed by atoms with Crippen molar-refractivity contribution in [2.75, 3.05) is 19.7 Å². The first-order valence-electron chi connectivity index (χ1n) is 11.5. The van der Waals surface area contributed by atoms with Crippen LogP contribution in [0.1, 0.15) is 56.0 Å². The molecule has 172 valence electrons. The number of amides is 2. The molecule has 7 heteroatoms. The van der Waals surface area contributed by atoms with Crippen LogP contribution in [-0.4, -0.2) is 47.4 Å². The van der Waals surface area contributed by atoms with Gasteiger partial charge in [-0.05, 0) is 62.3 Å². The summed E-state index contributed by atoms with van der Waals surface area (Å²) < 4.78 is 19.5. The molecule has 0 unspecified atom stereocenters. The van der Waals surface area contributed by atoms with Crippen LogP contribution in [0, 0.1) is 11.7 Å². The van der Waals surface area contributed by atoms with Crippen molar-refractivity contribution < 1.29 is 18.7 Å². The maximum absolute atomic E-state index is 13.6. The molecule has 5 nitrogen and oxygen atoms in total. The molecule has 1 aliphatic carbocycles. The van der Waals surface area contributed by atoms with Crippen molar-refractivity contribution in [2.45, 2.75) is 58.0 Å². The fourth-order valence-corrected chi connectivity index (χ4v) is 5.69. The van der Waals surface area contributed by atoms with Crippen LogP contribution in [0.3, 0.4) is 0 Å². The summed E-state index contributed by atoms with van der Waals surface area (Å²) in [6, 6.07) is 7.81. The quantitative estimate of drug-likeness (QED) is 0.598. The van der Waals surface area contributed by atoms with Crippen molar-refractivity contribution in [2.24, 2.45) is 5.92 Å². The fourth-order valence-electron chi connectivity index (χ4n) is 4.77. The largest absolute Gasteiger partial charge is 0.491 e. The topological polar surface area (TPSA) is 49.9 Å². The number of benzene rings is 1. The lowest BCUT2D eigenvalue weighted by molar-refractivity contribution is -0.146. The van der Waals surface area contributed by atoms with Crippen LogP contribution in [-0.2, 0) is 16.0 Å². The van der Waals surface area contributed by atoms with E-state index in [0.29, 0.717) is 12.3 Å². The number of halogens is 1. The van der Waals surface area contributed by atoms with E-state index in [1.807, 2.05) is 30.2 Å². The van der Waals surface area contributed by atoms with E-state index < -0.39 is 0 Å². The highest BCUT2D eigenvalue weighted by Crippen LogP contribution is 2.34. The molecule has 1 saturated carbocycles. The number of rotatable bonds is 7. The number of hydrogen-bond donors (Lipinski definition) is 0. The van der Waals surface area contributed by atoms with Gasteiger partial charge in [-0.3, -0.25) is 9.59 Å². The minimum atomic E-state index is -0.353. The molecule has 1 aliphatic heterocycles. The van der Waals surface area contributed by atoms with Gasteiger partial charge in [0.15, 0.2) is 0 Å². The van der Waals surface area contributed by atoms with Crippen molar-refractivity contribution >= 4 is 23.2 Å². The van der Waals surface area contributed by atoms with Crippen molar-refractivity contribution in [3.05, 3.63) is 52.0 Å². The third-order valence-electron chi connectivity index (χ3n) is 6.54. The molecule has 1 atom stereocenters. The molecule has 0 N–H and O–H groups in total. The Balaban J connectivity index is 1.50. The molecule has 0 bridgehead atoms. The van der Waals surface area contributed by atoms with E-state index in [-0.39, 0.29) is 48.8 Å². The number of ether oxygens (including phenoxy) is 1. The van der Waals surface area contributed by atoms with Gasteiger partial charge in [-0.15, -0.1) is 11.3 Å². The van der Waals surface area contributed by atoms with Crippen molar-refractivity contribution in [1.29, 1.82) is 0 Å². The summed E-state index contributed by atoms with van der Waals surface area (Å²) in [6.07, 6.45) is 4.81. The highest BCUT2D eigenvalue weighted by atomic mass is 32.1. The summed E-state index contributed by atoms with van der Waals surface area (Å²) in [6.45, 7) is 4.86. The lowest BCUT2D eigenvalue weighted by atomic mass is 10.00. The maximum Gasteiger partial charge on any atom is 0.242 e.